The number of carbonyl (C=O) groups is 3. The number of carboxylic acid groups (broad SMARTS) is 1. The van der Waals surface area contributed by atoms with E-state index in [1.165, 1.54) is 0 Å². The summed E-state index contributed by atoms with van der Waals surface area (Å²) in [5.74, 6) is -3.27. The number of rotatable bonds is 3. The smallest absolute Gasteiger partial charge is 0.307 e. The second kappa shape index (κ2) is 4.38. The molecule has 0 atom stereocenters. The van der Waals surface area contributed by atoms with Gasteiger partial charge < -0.3 is 5.11 Å². The highest BCUT2D eigenvalue weighted by Crippen LogP contribution is 2.28. The summed E-state index contributed by atoms with van der Waals surface area (Å²) in [7, 11) is 0. The number of carboxylic acids is 1. The van der Waals surface area contributed by atoms with Crippen molar-refractivity contribution < 1.29 is 19.5 Å². The SMILES string of the molecule is C=C(CC)C1C(=O)CC(C(=O)O)CC1=O. The Bertz CT molecular complexity index is 311. The van der Waals surface area contributed by atoms with Gasteiger partial charge in [-0.3, -0.25) is 14.4 Å². The van der Waals surface area contributed by atoms with Crippen molar-refractivity contribution in [1.29, 1.82) is 0 Å². The van der Waals surface area contributed by atoms with Crippen LogP contribution in [0, 0.1) is 11.8 Å². The average Bonchev–Trinajstić information content (AvgIpc) is 2.16. The van der Waals surface area contributed by atoms with Crippen molar-refractivity contribution in [2.75, 3.05) is 0 Å². The van der Waals surface area contributed by atoms with Gasteiger partial charge in [0.1, 0.15) is 11.6 Å². The largest absolute Gasteiger partial charge is 0.481 e. The van der Waals surface area contributed by atoms with Gasteiger partial charge in [0, 0.05) is 12.8 Å². The van der Waals surface area contributed by atoms with Crippen LogP contribution in [0.15, 0.2) is 12.2 Å². The molecule has 0 aromatic carbocycles. The number of allylic oxidation sites excluding steroid dienone is 1. The lowest BCUT2D eigenvalue weighted by Crippen LogP contribution is -2.37. The Balaban J connectivity index is 2.82. The van der Waals surface area contributed by atoms with Gasteiger partial charge >= 0.3 is 5.97 Å². The summed E-state index contributed by atoms with van der Waals surface area (Å²) in [6.07, 6.45) is 0.468. The summed E-state index contributed by atoms with van der Waals surface area (Å²) in [5, 5.41) is 8.73. The number of ketones is 2. The van der Waals surface area contributed by atoms with Gasteiger partial charge in [0.05, 0.1) is 11.8 Å². The van der Waals surface area contributed by atoms with Crippen molar-refractivity contribution in [1.82, 2.24) is 0 Å². The number of hydrogen-bond acceptors (Lipinski definition) is 3. The molecule has 82 valence electrons. The van der Waals surface area contributed by atoms with Crippen LogP contribution in [-0.2, 0) is 14.4 Å². The lowest BCUT2D eigenvalue weighted by Gasteiger charge is -2.24. The molecule has 0 aliphatic heterocycles. The molecular weight excluding hydrogens is 196 g/mol. The van der Waals surface area contributed by atoms with Crippen molar-refractivity contribution in [2.45, 2.75) is 26.2 Å². The maximum atomic E-state index is 11.6. The summed E-state index contributed by atoms with van der Waals surface area (Å²) in [6, 6.07) is 0. The minimum Gasteiger partial charge on any atom is -0.481 e. The van der Waals surface area contributed by atoms with Crippen LogP contribution in [0.5, 0.6) is 0 Å². The number of Topliss-reactive ketones (excluding diaryl/α,β-unsaturated/α-hetero) is 2. The Morgan fingerprint density at radius 1 is 1.40 bits per heavy atom. The van der Waals surface area contributed by atoms with Crippen LogP contribution in [0.2, 0.25) is 0 Å². The molecule has 4 nitrogen and oxygen atoms in total. The predicted octanol–water partition coefficient (Wildman–Crippen LogP) is 1.20. The van der Waals surface area contributed by atoms with Crippen molar-refractivity contribution in [3.05, 3.63) is 12.2 Å². The van der Waals surface area contributed by atoms with Crippen molar-refractivity contribution in [3.8, 4) is 0 Å². The Labute approximate surface area is 88.0 Å². The molecule has 0 amide bonds. The lowest BCUT2D eigenvalue weighted by molar-refractivity contribution is -0.149. The molecule has 1 fully saturated rings. The lowest BCUT2D eigenvalue weighted by atomic mass is 9.76. The zero-order valence-electron chi connectivity index (χ0n) is 8.66. The highest BCUT2D eigenvalue weighted by Gasteiger charge is 2.39. The van der Waals surface area contributed by atoms with Gasteiger partial charge in [0.2, 0.25) is 0 Å². The molecule has 0 unspecified atom stereocenters. The predicted molar refractivity (Wildman–Crippen MR) is 53.3 cm³/mol. The minimum absolute atomic E-state index is 0.0508. The molecule has 0 bridgehead atoms. The Kier molecular flexibility index (Phi) is 3.39. The Morgan fingerprint density at radius 3 is 2.20 bits per heavy atom. The summed E-state index contributed by atoms with van der Waals surface area (Å²) < 4.78 is 0. The summed E-state index contributed by atoms with van der Waals surface area (Å²) >= 11 is 0. The maximum Gasteiger partial charge on any atom is 0.307 e. The van der Waals surface area contributed by atoms with E-state index in [-0.39, 0.29) is 24.4 Å². The van der Waals surface area contributed by atoms with E-state index >= 15 is 0 Å². The average molecular weight is 210 g/mol. The molecular formula is C11H14O4. The van der Waals surface area contributed by atoms with Gasteiger partial charge in [0.25, 0.3) is 0 Å². The fourth-order valence-electron chi connectivity index (χ4n) is 1.81. The highest BCUT2D eigenvalue weighted by molar-refractivity contribution is 6.09. The first-order valence-corrected chi connectivity index (χ1v) is 4.93. The van der Waals surface area contributed by atoms with Crippen LogP contribution >= 0.6 is 0 Å². The van der Waals surface area contributed by atoms with Gasteiger partial charge in [-0.05, 0) is 6.42 Å². The normalized spacial score (nSPS) is 26.5. The molecule has 1 N–H and O–H groups in total. The zero-order valence-corrected chi connectivity index (χ0v) is 8.66. The summed E-state index contributed by atoms with van der Waals surface area (Å²) in [5.41, 5.74) is 0.592. The fraction of sp³-hybridized carbons (Fsp3) is 0.545. The van der Waals surface area contributed by atoms with E-state index in [1.807, 2.05) is 6.92 Å². The second-order valence-corrected chi connectivity index (χ2v) is 3.82. The van der Waals surface area contributed by atoms with Gasteiger partial charge in [-0.1, -0.05) is 19.1 Å². The highest BCUT2D eigenvalue weighted by atomic mass is 16.4. The fourth-order valence-corrected chi connectivity index (χ4v) is 1.81. The van der Waals surface area contributed by atoms with Crippen LogP contribution in [0.3, 0.4) is 0 Å². The van der Waals surface area contributed by atoms with Crippen LogP contribution < -0.4 is 0 Å². The molecule has 1 saturated carbocycles. The molecule has 1 rings (SSSR count). The van der Waals surface area contributed by atoms with E-state index in [4.69, 9.17) is 5.11 Å². The van der Waals surface area contributed by atoms with Crippen molar-refractivity contribution in [2.24, 2.45) is 11.8 Å². The van der Waals surface area contributed by atoms with E-state index < -0.39 is 17.8 Å². The topological polar surface area (TPSA) is 71.4 Å². The monoisotopic (exact) mass is 210 g/mol. The molecule has 0 aromatic rings. The van der Waals surface area contributed by atoms with E-state index in [1.54, 1.807) is 0 Å². The Hall–Kier alpha value is -1.45. The molecule has 0 radical (unpaired) electrons. The number of hydrogen-bond donors (Lipinski definition) is 1. The molecule has 1 aliphatic rings. The third-order valence-electron chi connectivity index (χ3n) is 2.75. The third kappa shape index (κ3) is 2.32. The molecule has 0 saturated heterocycles. The van der Waals surface area contributed by atoms with Crippen LogP contribution in [0.25, 0.3) is 0 Å². The minimum atomic E-state index is -1.07. The number of carbonyl (C=O) groups excluding carboxylic acids is 2. The van der Waals surface area contributed by atoms with E-state index in [0.29, 0.717) is 12.0 Å². The molecule has 15 heavy (non-hydrogen) atoms. The maximum absolute atomic E-state index is 11.6. The van der Waals surface area contributed by atoms with E-state index in [9.17, 15) is 14.4 Å². The first-order chi connectivity index (χ1) is 6.97. The van der Waals surface area contributed by atoms with Crippen LogP contribution in [-0.4, -0.2) is 22.6 Å². The summed E-state index contributed by atoms with van der Waals surface area (Å²) in [6.45, 7) is 5.50. The zero-order chi connectivity index (χ0) is 11.6. The van der Waals surface area contributed by atoms with E-state index in [2.05, 4.69) is 6.58 Å². The Morgan fingerprint density at radius 2 is 1.87 bits per heavy atom. The van der Waals surface area contributed by atoms with Crippen molar-refractivity contribution in [3.63, 3.8) is 0 Å². The van der Waals surface area contributed by atoms with Crippen LogP contribution in [0.4, 0.5) is 0 Å². The standard InChI is InChI=1S/C11H14O4/c1-3-6(2)10-8(12)4-7(11(14)15)5-9(10)13/h7,10H,2-5H2,1H3,(H,14,15). The first kappa shape index (κ1) is 11.6. The van der Waals surface area contributed by atoms with Gasteiger partial charge in [-0.25, -0.2) is 0 Å². The molecule has 0 heterocycles. The second-order valence-electron chi connectivity index (χ2n) is 3.82. The third-order valence-corrected chi connectivity index (χ3v) is 2.75. The molecule has 4 heteroatoms. The van der Waals surface area contributed by atoms with Gasteiger partial charge in [-0.2, -0.15) is 0 Å². The molecule has 0 spiro atoms. The molecule has 1 aliphatic carbocycles. The summed E-state index contributed by atoms with van der Waals surface area (Å²) in [4.78, 5) is 33.8. The number of aliphatic carboxylic acids is 1. The van der Waals surface area contributed by atoms with Gasteiger partial charge in [-0.15, -0.1) is 0 Å². The molecule has 0 aromatic heterocycles. The quantitative estimate of drug-likeness (QED) is 0.561. The van der Waals surface area contributed by atoms with Crippen LogP contribution in [0.1, 0.15) is 26.2 Å². The first-order valence-electron chi connectivity index (χ1n) is 4.93. The van der Waals surface area contributed by atoms with E-state index in [0.717, 1.165) is 0 Å². The van der Waals surface area contributed by atoms with Gasteiger partial charge in [0.15, 0.2) is 0 Å². The van der Waals surface area contributed by atoms with Crippen molar-refractivity contribution >= 4 is 17.5 Å².